The van der Waals surface area contributed by atoms with E-state index in [9.17, 15) is 10.0 Å². The van der Waals surface area contributed by atoms with Crippen molar-refractivity contribution in [1.82, 2.24) is 35.3 Å². The van der Waals surface area contributed by atoms with E-state index in [0.717, 1.165) is 47.3 Å². The number of benzene rings is 2. The molecule has 38 heavy (non-hydrogen) atoms. The summed E-state index contributed by atoms with van der Waals surface area (Å²) in [6.07, 6.45) is 4.62. The highest BCUT2D eigenvalue weighted by molar-refractivity contribution is 5.86. The van der Waals surface area contributed by atoms with E-state index in [-0.39, 0.29) is 11.4 Å². The Morgan fingerprint density at radius 3 is 2.55 bits per heavy atom. The van der Waals surface area contributed by atoms with Crippen molar-refractivity contribution in [2.24, 2.45) is 0 Å². The van der Waals surface area contributed by atoms with Gasteiger partial charge in [0.15, 0.2) is 5.69 Å². The van der Waals surface area contributed by atoms with Crippen molar-refractivity contribution in [1.29, 1.82) is 0 Å². The first kappa shape index (κ1) is 24.8. The molecular formula is C27H26N8O3. The van der Waals surface area contributed by atoms with Crippen LogP contribution in [0.3, 0.4) is 0 Å². The number of ether oxygens (including phenoxy) is 1. The number of hydrogen-bond donors (Lipinski definition) is 1. The van der Waals surface area contributed by atoms with Gasteiger partial charge in [-0.15, -0.1) is 10.2 Å². The average Bonchev–Trinajstić information content (AvgIpc) is 3.62. The highest BCUT2D eigenvalue weighted by atomic mass is 16.5. The third kappa shape index (κ3) is 5.12. The van der Waals surface area contributed by atoms with E-state index in [4.69, 9.17) is 4.98 Å². The van der Waals surface area contributed by atoms with Gasteiger partial charge in [-0.1, -0.05) is 61.9 Å². The summed E-state index contributed by atoms with van der Waals surface area (Å²) in [7, 11) is 1.24. The minimum absolute atomic E-state index is 0.0575. The molecule has 0 saturated carbocycles. The van der Waals surface area contributed by atoms with Crippen LogP contribution in [0.5, 0.6) is 0 Å². The van der Waals surface area contributed by atoms with Crippen LogP contribution in [0.1, 0.15) is 41.6 Å². The largest absolute Gasteiger partial charge is 0.594 e. The topological polar surface area (TPSA) is 138 Å². The number of carbonyl (C=O) groups excluding carboxylic acids is 1. The lowest BCUT2D eigenvalue weighted by Gasteiger charge is -2.10. The predicted octanol–water partition coefficient (Wildman–Crippen LogP) is 3.60. The minimum Gasteiger partial charge on any atom is -0.594 e. The van der Waals surface area contributed by atoms with Gasteiger partial charge in [0.1, 0.15) is 5.82 Å². The van der Waals surface area contributed by atoms with E-state index >= 15 is 0 Å². The molecule has 0 saturated heterocycles. The molecule has 11 heteroatoms. The molecule has 0 radical (unpaired) electrons. The summed E-state index contributed by atoms with van der Waals surface area (Å²) in [6, 6.07) is 19.2. The predicted molar refractivity (Wildman–Crippen MR) is 139 cm³/mol. The van der Waals surface area contributed by atoms with Crippen LogP contribution in [0, 0.1) is 5.21 Å². The Hall–Kier alpha value is -4.93. The van der Waals surface area contributed by atoms with Gasteiger partial charge in [-0.25, -0.2) is 9.78 Å². The standard InChI is InChI=1S/C27H26N8O3/c1-3-4-9-25-28-23(24-15-14-22(27(36)38-2)31-35(24)37)17-34(25)16-18-10-12-19(13-11-18)20-7-5-6-8-21(20)26-29-32-33-30-26/h5-8,10-15,17H,3-4,9,16H2,1-2H3,(H,29,30,32,33). The van der Waals surface area contributed by atoms with E-state index in [1.165, 1.54) is 13.2 Å². The molecule has 0 atom stereocenters. The highest BCUT2D eigenvalue weighted by Gasteiger charge is 2.20. The van der Waals surface area contributed by atoms with Crippen LogP contribution >= 0.6 is 0 Å². The van der Waals surface area contributed by atoms with Gasteiger partial charge in [0.25, 0.3) is 5.69 Å². The quantitative estimate of drug-likeness (QED) is 0.180. The molecule has 2 aromatic carbocycles. The van der Waals surface area contributed by atoms with Crippen molar-refractivity contribution in [3.8, 4) is 33.9 Å². The number of H-pyrrole nitrogens is 1. The number of hydrogen-bond acceptors (Lipinski definition) is 8. The highest BCUT2D eigenvalue weighted by Crippen LogP contribution is 2.30. The number of esters is 1. The Bertz CT molecular complexity index is 1550. The number of nitrogens with one attached hydrogen (secondary N) is 1. The molecule has 3 heterocycles. The Morgan fingerprint density at radius 2 is 1.87 bits per heavy atom. The molecule has 0 unspecified atom stereocenters. The van der Waals surface area contributed by atoms with Crippen molar-refractivity contribution in [3.63, 3.8) is 0 Å². The fourth-order valence-corrected chi connectivity index (χ4v) is 4.24. The normalized spacial score (nSPS) is 11.0. The minimum atomic E-state index is -0.668. The maximum absolute atomic E-state index is 12.6. The summed E-state index contributed by atoms with van der Waals surface area (Å²) in [5, 5.41) is 30.8. The molecule has 3 aromatic heterocycles. The van der Waals surface area contributed by atoms with E-state index < -0.39 is 5.97 Å². The van der Waals surface area contributed by atoms with Crippen molar-refractivity contribution in [2.45, 2.75) is 32.7 Å². The number of aromatic amines is 1. The third-order valence-electron chi connectivity index (χ3n) is 6.20. The van der Waals surface area contributed by atoms with E-state index in [1.54, 1.807) is 6.07 Å². The average molecular weight is 511 g/mol. The Kier molecular flexibility index (Phi) is 7.16. The lowest BCUT2D eigenvalue weighted by molar-refractivity contribution is -0.658. The van der Waals surface area contributed by atoms with Crippen LogP contribution in [0.2, 0.25) is 0 Å². The van der Waals surface area contributed by atoms with Crippen molar-refractivity contribution in [3.05, 3.63) is 89.1 Å². The second-order valence-electron chi connectivity index (χ2n) is 8.72. The van der Waals surface area contributed by atoms with Gasteiger partial charge in [0.2, 0.25) is 11.5 Å². The number of nitrogens with zero attached hydrogens (tertiary/aromatic N) is 7. The maximum Gasteiger partial charge on any atom is 0.362 e. The molecule has 0 fully saturated rings. The molecule has 5 rings (SSSR count). The van der Waals surface area contributed by atoms with E-state index in [2.05, 4.69) is 66.2 Å². The molecule has 1 N–H and O–H groups in total. The summed E-state index contributed by atoms with van der Waals surface area (Å²) in [5.74, 6) is 0.755. The third-order valence-corrected chi connectivity index (χ3v) is 6.20. The van der Waals surface area contributed by atoms with Gasteiger partial charge in [-0.3, -0.25) is 0 Å². The van der Waals surface area contributed by atoms with Crippen LogP contribution in [0.15, 0.2) is 66.9 Å². The van der Waals surface area contributed by atoms with Gasteiger partial charge in [0.05, 0.1) is 7.11 Å². The van der Waals surface area contributed by atoms with Crippen molar-refractivity contribution < 1.29 is 14.4 Å². The smallest absolute Gasteiger partial charge is 0.362 e. The van der Waals surface area contributed by atoms with Gasteiger partial charge >= 0.3 is 5.97 Å². The molecule has 0 spiro atoms. The van der Waals surface area contributed by atoms with Crippen LogP contribution < -0.4 is 4.85 Å². The molecule has 11 nitrogen and oxygen atoms in total. The summed E-state index contributed by atoms with van der Waals surface area (Å²) >= 11 is 0. The maximum atomic E-state index is 12.6. The fraction of sp³-hybridized carbons (Fsp3) is 0.222. The number of rotatable bonds is 9. The fourth-order valence-electron chi connectivity index (χ4n) is 4.24. The summed E-state index contributed by atoms with van der Waals surface area (Å²) in [5.41, 5.74) is 4.74. The summed E-state index contributed by atoms with van der Waals surface area (Å²) in [4.78, 5) is 16.9. The zero-order chi connectivity index (χ0) is 26.5. The van der Waals surface area contributed by atoms with Gasteiger partial charge in [-0.2, -0.15) is 5.21 Å². The number of unbranched alkanes of at least 4 members (excludes halogenated alkanes) is 1. The number of imidazole rings is 1. The molecule has 0 aliphatic carbocycles. The SMILES string of the molecule is CCCCc1nc(-c2ccc(C(=O)OC)n[n+]2[O-])cn1Cc1ccc(-c2ccccc2-c2nn[nH]n2)cc1. The number of aryl methyl sites for hydroxylation is 1. The van der Waals surface area contributed by atoms with E-state index in [1.807, 2.05) is 30.5 Å². The zero-order valence-corrected chi connectivity index (χ0v) is 21.0. The molecule has 0 bridgehead atoms. The number of carbonyl (C=O) groups is 1. The monoisotopic (exact) mass is 510 g/mol. The van der Waals surface area contributed by atoms with Gasteiger partial charge in [0, 0.05) is 35.9 Å². The molecule has 5 aromatic rings. The van der Waals surface area contributed by atoms with Crippen LogP contribution in [-0.4, -0.2) is 48.4 Å². The first-order chi connectivity index (χ1) is 18.6. The van der Waals surface area contributed by atoms with Crippen molar-refractivity contribution >= 4 is 5.97 Å². The first-order valence-electron chi connectivity index (χ1n) is 12.2. The van der Waals surface area contributed by atoms with E-state index in [0.29, 0.717) is 22.9 Å². The van der Waals surface area contributed by atoms with Gasteiger partial charge < -0.3 is 14.5 Å². The van der Waals surface area contributed by atoms with Crippen LogP contribution in [0.4, 0.5) is 0 Å². The van der Waals surface area contributed by atoms with Crippen LogP contribution in [-0.2, 0) is 17.7 Å². The Balaban J connectivity index is 1.42. The van der Waals surface area contributed by atoms with Crippen molar-refractivity contribution in [2.75, 3.05) is 7.11 Å². The Labute approximate surface area is 218 Å². The second-order valence-corrected chi connectivity index (χ2v) is 8.72. The molecule has 0 amide bonds. The van der Waals surface area contributed by atoms with Gasteiger partial charge in [-0.05, 0) is 39.2 Å². The number of tetrazole rings is 1. The van der Waals surface area contributed by atoms with Crippen LogP contribution in [0.25, 0.3) is 33.9 Å². The molecular weight excluding hydrogens is 484 g/mol. The number of aromatic nitrogens is 8. The lowest BCUT2D eigenvalue weighted by Crippen LogP contribution is -2.36. The molecule has 0 aliphatic heterocycles. The molecule has 192 valence electrons. The first-order valence-corrected chi connectivity index (χ1v) is 12.2. The lowest BCUT2D eigenvalue weighted by atomic mass is 9.98. The Morgan fingerprint density at radius 1 is 1.08 bits per heavy atom. The number of methoxy groups -OCH3 is 1. The molecule has 0 aliphatic rings. The summed E-state index contributed by atoms with van der Waals surface area (Å²) < 4.78 is 6.71. The zero-order valence-electron chi connectivity index (χ0n) is 21.0. The summed E-state index contributed by atoms with van der Waals surface area (Å²) in [6.45, 7) is 2.71. The second kappa shape index (κ2) is 11.0.